The van der Waals surface area contributed by atoms with E-state index in [1.807, 2.05) is 0 Å². The summed E-state index contributed by atoms with van der Waals surface area (Å²) in [6.07, 6.45) is 7.47. The van der Waals surface area contributed by atoms with Crippen LogP contribution in [0.3, 0.4) is 0 Å². The minimum Gasteiger partial charge on any atom is -0.0998 e. The standard InChI is InChI=1S/C9H14/c1-8(2)7-9-5-3-4-6-9/h5H,1,3-4,6-7H2,2H3. The lowest BCUT2D eigenvalue weighted by Crippen LogP contribution is -1.77. The van der Waals surface area contributed by atoms with Crippen LogP contribution < -0.4 is 0 Å². The first-order valence-electron chi connectivity index (χ1n) is 3.61. The highest BCUT2D eigenvalue weighted by molar-refractivity contribution is 5.14. The first kappa shape index (κ1) is 6.60. The second kappa shape index (κ2) is 2.86. The lowest BCUT2D eigenvalue weighted by molar-refractivity contribution is 0.885. The van der Waals surface area contributed by atoms with E-state index in [-0.39, 0.29) is 0 Å². The van der Waals surface area contributed by atoms with Crippen molar-refractivity contribution in [3.63, 3.8) is 0 Å². The van der Waals surface area contributed by atoms with Gasteiger partial charge in [0.15, 0.2) is 0 Å². The molecule has 0 heteroatoms. The molecule has 0 heterocycles. The Labute approximate surface area is 57.3 Å². The maximum Gasteiger partial charge on any atom is -0.0114 e. The van der Waals surface area contributed by atoms with Gasteiger partial charge in [-0.3, -0.25) is 0 Å². The van der Waals surface area contributed by atoms with E-state index in [0.717, 1.165) is 6.42 Å². The van der Waals surface area contributed by atoms with Gasteiger partial charge in [0.2, 0.25) is 0 Å². The molecule has 0 bridgehead atoms. The monoisotopic (exact) mass is 122 g/mol. The molecule has 0 radical (unpaired) electrons. The van der Waals surface area contributed by atoms with Gasteiger partial charge < -0.3 is 0 Å². The summed E-state index contributed by atoms with van der Waals surface area (Å²) >= 11 is 0. The molecular weight excluding hydrogens is 108 g/mol. The SMILES string of the molecule is C=C(C)CC1=CCCC1. The first-order chi connectivity index (χ1) is 4.29. The number of allylic oxidation sites excluding steroid dienone is 3. The van der Waals surface area contributed by atoms with Crippen molar-refractivity contribution in [1.82, 2.24) is 0 Å². The van der Waals surface area contributed by atoms with Crippen LogP contribution in [0, 0.1) is 0 Å². The summed E-state index contributed by atoms with van der Waals surface area (Å²) < 4.78 is 0. The Morgan fingerprint density at radius 2 is 2.56 bits per heavy atom. The second-order valence-electron chi connectivity index (χ2n) is 2.89. The van der Waals surface area contributed by atoms with E-state index in [0.29, 0.717) is 0 Å². The molecule has 0 nitrogen and oxygen atoms in total. The van der Waals surface area contributed by atoms with Crippen LogP contribution >= 0.6 is 0 Å². The molecule has 1 aliphatic rings. The van der Waals surface area contributed by atoms with Gasteiger partial charge in [0.1, 0.15) is 0 Å². The van der Waals surface area contributed by atoms with Gasteiger partial charge in [-0.05, 0) is 32.6 Å². The third-order valence-electron chi connectivity index (χ3n) is 1.66. The Morgan fingerprint density at radius 3 is 3.00 bits per heavy atom. The Morgan fingerprint density at radius 1 is 1.78 bits per heavy atom. The van der Waals surface area contributed by atoms with Crippen LogP contribution in [0.25, 0.3) is 0 Å². The van der Waals surface area contributed by atoms with Crippen molar-refractivity contribution >= 4 is 0 Å². The molecule has 0 saturated carbocycles. The van der Waals surface area contributed by atoms with Crippen molar-refractivity contribution in [2.24, 2.45) is 0 Å². The van der Waals surface area contributed by atoms with Crippen molar-refractivity contribution in [2.75, 3.05) is 0 Å². The molecule has 0 spiro atoms. The normalized spacial score (nSPS) is 17.7. The fraction of sp³-hybridized carbons (Fsp3) is 0.556. The van der Waals surface area contributed by atoms with Crippen LogP contribution in [0.5, 0.6) is 0 Å². The predicted octanol–water partition coefficient (Wildman–Crippen LogP) is 3.06. The lowest BCUT2D eigenvalue weighted by atomic mass is 10.1. The summed E-state index contributed by atoms with van der Waals surface area (Å²) in [5.74, 6) is 0. The van der Waals surface area contributed by atoms with Crippen molar-refractivity contribution < 1.29 is 0 Å². The zero-order valence-corrected chi connectivity index (χ0v) is 6.11. The summed E-state index contributed by atoms with van der Waals surface area (Å²) in [5, 5.41) is 0. The summed E-state index contributed by atoms with van der Waals surface area (Å²) in [7, 11) is 0. The molecule has 0 atom stereocenters. The van der Waals surface area contributed by atoms with Crippen LogP contribution in [0.2, 0.25) is 0 Å². The van der Waals surface area contributed by atoms with Crippen LogP contribution in [0.4, 0.5) is 0 Å². The van der Waals surface area contributed by atoms with Crippen molar-refractivity contribution in [1.29, 1.82) is 0 Å². The van der Waals surface area contributed by atoms with E-state index < -0.39 is 0 Å². The number of hydrogen-bond donors (Lipinski definition) is 0. The van der Waals surface area contributed by atoms with E-state index in [1.54, 1.807) is 5.57 Å². The molecule has 0 aromatic rings. The Kier molecular flexibility index (Phi) is 2.10. The largest absolute Gasteiger partial charge is 0.0998 e. The predicted molar refractivity (Wildman–Crippen MR) is 41.4 cm³/mol. The Bertz CT molecular complexity index is 140. The average molecular weight is 122 g/mol. The topological polar surface area (TPSA) is 0 Å². The smallest absolute Gasteiger partial charge is 0.0114 e. The lowest BCUT2D eigenvalue weighted by Gasteiger charge is -1.97. The minimum absolute atomic E-state index is 1.14. The second-order valence-corrected chi connectivity index (χ2v) is 2.89. The van der Waals surface area contributed by atoms with Crippen LogP contribution in [0.15, 0.2) is 23.8 Å². The summed E-state index contributed by atoms with van der Waals surface area (Å²) in [4.78, 5) is 0. The van der Waals surface area contributed by atoms with Gasteiger partial charge in [-0.1, -0.05) is 23.8 Å². The summed E-state index contributed by atoms with van der Waals surface area (Å²) in [5.41, 5.74) is 2.89. The fourth-order valence-corrected chi connectivity index (χ4v) is 1.29. The highest BCUT2D eigenvalue weighted by atomic mass is 14.1. The maximum atomic E-state index is 3.88. The van der Waals surface area contributed by atoms with E-state index >= 15 is 0 Å². The van der Waals surface area contributed by atoms with Gasteiger partial charge in [-0.25, -0.2) is 0 Å². The van der Waals surface area contributed by atoms with Crippen molar-refractivity contribution in [3.05, 3.63) is 23.8 Å². The van der Waals surface area contributed by atoms with Crippen molar-refractivity contribution in [2.45, 2.75) is 32.6 Å². The van der Waals surface area contributed by atoms with Crippen LogP contribution in [0.1, 0.15) is 32.6 Å². The fourth-order valence-electron chi connectivity index (χ4n) is 1.29. The Balaban J connectivity index is 2.35. The zero-order chi connectivity index (χ0) is 6.69. The van der Waals surface area contributed by atoms with Crippen LogP contribution in [-0.4, -0.2) is 0 Å². The van der Waals surface area contributed by atoms with Crippen molar-refractivity contribution in [3.8, 4) is 0 Å². The molecule has 9 heavy (non-hydrogen) atoms. The minimum atomic E-state index is 1.14. The number of hydrogen-bond acceptors (Lipinski definition) is 0. The highest BCUT2D eigenvalue weighted by Crippen LogP contribution is 2.22. The molecule has 0 amide bonds. The molecule has 0 N–H and O–H groups in total. The summed E-state index contributed by atoms with van der Waals surface area (Å²) in [6.45, 7) is 5.97. The zero-order valence-electron chi connectivity index (χ0n) is 6.11. The summed E-state index contributed by atoms with van der Waals surface area (Å²) in [6, 6.07) is 0. The van der Waals surface area contributed by atoms with Gasteiger partial charge >= 0.3 is 0 Å². The molecule has 1 rings (SSSR count). The van der Waals surface area contributed by atoms with Gasteiger partial charge in [0.25, 0.3) is 0 Å². The highest BCUT2D eigenvalue weighted by Gasteiger charge is 2.02. The molecule has 50 valence electrons. The van der Waals surface area contributed by atoms with Gasteiger partial charge in [0, 0.05) is 0 Å². The van der Waals surface area contributed by atoms with Gasteiger partial charge in [-0.2, -0.15) is 0 Å². The Hall–Kier alpha value is -0.520. The third-order valence-corrected chi connectivity index (χ3v) is 1.66. The molecule has 0 unspecified atom stereocenters. The molecule has 0 aromatic heterocycles. The quantitative estimate of drug-likeness (QED) is 0.494. The maximum absolute atomic E-state index is 3.88. The molecule has 0 aromatic carbocycles. The van der Waals surface area contributed by atoms with Crippen LogP contribution in [-0.2, 0) is 0 Å². The third kappa shape index (κ3) is 2.05. The van der Waals surface area contributed by atoms with Gasteiger partial charge in [0.05, 0.1) is 0 Å². The average Bonchev–Trinajstić information content (AvgIpc) is 2.15. The molecular formula is C9H14. The molecule has 0 fully saturated rings. The molecule has 0 saturated heterocycles. The van der Waals surface area contributed by atoms with E-state index in [1.165, 1.54) is 24.8 Å². The first-order valence-corrected chi connectivity index (χ1v) is 3.61. The number of rotatable bonds is 2. The molecule has 1 aliphatic carbocycles. The van der Waals surface area contributed by atoms with Gasteiger partial charge in [-0.15, -0.1) is 0 Å². The van der Waals surface area contributed by atoms with E-state index in [4.69, 9.17) is 0 Å². The molecule has 0 aliphatic heterocycles. The van der Waals surface area contributed by atoms with E-state index in [2.05, 4.69) is 19.6 Å². The van der Waals surface area contributed by atoms with E-state index in [9.17, 15) is 0 Å².